The maximum Gasteiger partial charge on any atom is 0.222 e. The third kappa shape index (κ3) is 1.31. The monoisotopic (exact) mass is 179 g/mol. The largest absolute Gasteiger partial charge is 0.383 e. The van der Waals surface area contributed by atoms with Gasteiger partial charge in [-0.1, -0.05) is 0 Å². The molecule has 1 aromatic heterocycles. The van der Waals surface area contributed by atoms with Crippen molar-refractivity contribution in [1.29, 1.82) is 0 Å². The Morgan fingerprint density at radius 2 is 2.15 bits per heavy atom. The molecule has 1 aliphatic rings. The molecule has 70 valence electrons. The molecule has 2 heterocycles. The fourth-order valence-electron chi connectivity index (χ4n) is 1.73. The Hall–Kier alpha value is -1.36. The first-order chi connectivity index (χ1) is 6.18. The molecule has 1 aliphatic heterocycles. The van der Waals surface area contributed by atoms with Gasteiger partial charge in [0.1, 0.15) is 5.82 Å². The Balaban J connectivity index is 2.56. The van der Waals surface area contributed by atoms with E-state index in [2.05, 4.69) is 15.3 Å². The molecule has 5 heteroatoms. The van der Waals surface area contributed by atoms with Crippen LogP contribution in [0.1, 0.15) is 24.2 Å². The molecular weight excluding hydrogens is 166 g/mol. The molecule has 5 nitrogen and oxygen atoms in total. The maximum atomic E-state index is 5.76. The lowest BCUT2D eigenvalue weighted by Crippen LogP contribution is -2.30. The first-order valence-electron chi connectivity index (χ1n) is 4.33. The number of nitrogens with one attached hydrogen (secondary N) is 1. The summed E-state index contributed by atoms with van der Waals surface area (Å²) in [5, 5.41) is 3.30. The minimum atomic E-state index is 0.226. The lowest BCUT2D eigenvalue weighted by atomic mass is 10.0. The van der Waals surface area contributed by atoms with E-state index >= 15 is 0 Å². The summed E-state index contributed by atoms with van der Waals surface area (Å²) >= 11 is 0. The fraction of sp³-hybridized carbons (Fsp3) is 0.500. The smallest absolute Gasteiger partial charge is 0.222 e. The second-order valence-electron chi connectivity index (χ2n) is 3.25. The topological polar surface area (TPSA) is 89.8 Å². The predicted octanol–water partition coefficient (Wildman–Crippen LogP) is -0.152. The lowest BCUT2D eigenvalue weighted by Gasteiger charge is -2.23. The Labute approximate surface area is 76.6 Å². The number of rotatable bonds is 0. The van der Waals surface area contributed by atoms with Crippen LogP contribution in [0.3, 0.4) is 0 Å². The average Bonchev–Trinajstić information content (AvgIpc) is 2.02. The van der Waals surface area contributed by atoms with Crippen LogP contribution in [0.5, 0.6) is 0 Å². The van der Waals surface area contributed by atoms with Gasteiger partial charge >= 0.3 is 0 Å². The van der Waals surface area contributed by atoms with Gasteiger partial charge in [0, 0.05) is 24.6 Å². The van der Waals surface area contributed by atoms with Crippen LogP contribution in [-0.4, -0.2) is 16.5 Å². The Morgan fingerprint density at radius 1 is 1.38 bits per heavy atom. The highest BCUT2D eigenvalue weighted by Crippen LogP contribution is 2.25. The molecule has 1 atom stereocenters. The molecule has 0 bridgehead atoms. The van der Waals surface area contributed by atoms with Gasteiger partial charge in [-0.05, 0) is 6.92 Å². The van der Waals surface area contributed by atoms with Crippen LogP contribution >= 0.6 is 0 Å². The van der Waals surface area contributed by atoms with Gasteiger partial charge in [-0.2, -0.15) is 4.98 Å². The van der Waals surface area contributed by atoms with E-state index in [1.165, 1.54) is 0 Å². The van der Waals surface area contributed by atoms with Crippen molar-refractivity contribution in [2.45, 2.75) is 19.4 Å². The van der Waals surface area contributed by atoms with Gasteiger partial charge in [-0.25, -0.2) is 4.98 Å². The summed E-state index contributed by atoms with van der Waals surface area (Å²) in [5.74, 6) is 0.771. The van der Waals surface area contributed by atoms with Crippen LogP contribution in [0.4, 0.5) is 11.8 Å². The second kappa shape index (κ2) is 2.85. The van der Waals surface area contributed by atoms with E-state index in [1.54, 1.807) is 0 Å². The molecular formula is C8H13N5. The maximum absolute atomic E-state index is 5.76. The zero-order chi connectivity index (χ0) is 9.42. The molecule has 0 radical (unpaired) electrons. The molecule has 0 fully saturated rings. The number of aromatic nitrogens is 2. The Kier molecular flexibility index (Phi) is 1.81. The SMILES string of the molecule is CC1NCCc2nc(N)nc(N)c21. The molecule has 0 saturated heterocycles. The third-order valence-corrected chi connectivity index (χ3v) is 2.32. The van der Waals surface area contributed by atoms with E-state index in [9.17, 15) is 0 Å². The lowest BCUT2D eigenvalue weighted by molar-refractivity contribution is 0.532. The molecule has 0 saturated carbocycles. The van der Waals surface area contributed by atoms with Crippen LogP contribution in [-0.2, 0) is 6.42 Å². The fourth-order valence-corrected chi connectivity index (χ4v) is 1.73. The molecule has 1 aromatic rings. The van der Waals surface area contributed by atoms with E-state index in [1.807, 2.05) is 6.92 Å². The molecule has 0 amide bonds. The zero-order valence-corrected chi connectivity index (χ0v) is 7.54. The van der Waals surface area contributed by atoms with Crippen molar-refractivity contribution in [3.05, 3.63) is 11.3 Å². The number of nitrogen functional groups attached to an aromatic ring is 2. The Morgan fingerprint density at radius 3 is 2.92 bits per heavy atom. The van der Waals surface area contributed by atoms with Crippen molar-refractivity contribution in [3.63, 3.8) is 0 Å². The van der Waals surface area contributed by atoms with Gasteiger partial charge in [-0.15, -0.1) is 0 Å². The number of hydrogen-bond donors (Lipinski definition) is 3. The summed E-state index contributed by atoms with van der Waals surface area (Å²) in [6.45, 7) is 2.97. The van der Waals surface area contributed by atoms with Crippen molar-refractivity contribution in [2.24, 2.45) is 0 Å². The van der Waals surface area contributed by atoms with Gasteiger partial charge in [0.2, 0.25) is 5.95 Å². The van der Waals surface area contributed by atoms with E-state index in [0.29, 0.717) is 5.82 Å². The predicted molar refractivity (Wildman–Crippen MR) is 51.0 cm³/mol. The molecule has 2 rings (SSSR count). The quantitative estimate of drug-likeness (QED) is 0.515. The van der Waals surface area contributed by atoms with Crippen LogP contribution in [0.25, 0.3) is 0 Å². The summed E-state index contributed by atoms with van der Waals surface area (Å²) in [7, 11) is 0. The number of nitrogens with two attached hydrogens (primary N) is 2. The normalized spacial score (nSPS) is 21.2. The molecule has 5 N–H and O–H groups in total. The highest BCUT2D eigenvalue weighted by atomic mass is 15.1. The molecule has 0 aromatic carbocycles. The van der Waals surface area contributed by atoms with Crippen molar-refractivity contribution in [3.8, 4) is 0 Å². The van der Waals surface area contributed by atoms with Gasteiger partial charge in [0.25, 0.3) is 0 Å². The van der Waals surface area contributed by atoms with Gasteiger partial charge in [0.05, 0.1) is 5.69 Å². The molecule has 13 heavy (non-hydrogen) atoms. The Bertz CT molecular complexity index is 336. The first kappa shape index (κ1) is 8.25. The van der Waals surface area contributed by atoms with E-state index in [0.717, 1.165) is 24.2 Å². The second-order valence-corrected chi connectivity index (χ2v) is 3.25. The third-order valence-electron chi connectivity index (χ3n) is 2.32. The van der Waals surface area contributed by atoms with Crippen molar-refractivity contribution >= 4 is 11.8 Å². The van der Waals surface area contributed by atoms with Crippen LogP contribution in [0.2, 0.25) is 0 Å². The van der Waals surface area contributed by atoms with Crippen LogP contribution in [0.15, 0.2) is 0 Å². The number of hydrogen-bond acceptors (Lipinski definition) is 5. The van der Waals surface area contributed by atoms with Gasteiger partial charge in [0.15, 0.2) is 0 Å². The summed E-state index contributed by atoms with van der Waals surface area (Å²) in [4.78, 5) is 8.11. The van der Waals surface area contributed by atoms with Crippen molar-refractivity contribution in [2.75, 3.05) is 18.0 Å². The van der Waals surface area contributed by atoms with E-state index < -0.39 is 0 Å². The zero-order valence-electron chi connectivity index (χ0n) is 7.54. The average molecular weight is 179 g/mol. The summed E-state index contributed by atoms with van der Waals surface area (Å²) in [6, 6.07) is 0.226. The van der Waals surface area contributed by atoms with Gasteiger partial charge in [-0.3, -0.25) is 0 Å². The first-order valence-corrected chi connectivity index (χ1v) is 4.33. The van der Waals surface area contributed by atoms with Crippen LogP contribution < -0.4 is 16.8 Å². The highest BCUT2D eigenvalue weighted by molar-refractivity contribution is 5.48. The number of anilines is 2. The van der Waals surface area contributed by atoms with Crippen LogP contribution in [0, 0.1) is 0 Å². The minimum absolute atomic E-state index is 0.226. The van der Waals surface area contributed by atoms with E-state index in [-0.39, 0.29) is 12.0 Å². The van der Waals surface area contributed by atoms with E-state index in [4.69, 9.17) is 11.5 Å². The standard InChI is InChI=1S/C8H13N5/c1-4-6-5(2-3-11-4)12-8(10)13-7(6)9/h4,11H,2-3H2,1H3,(H4,9,10,12,13). The molecule has 0 aliphatic carbocycles. The number of fused-ring (bicyclic) bond motifs is 1. The van der Waals surface area contributed by atoms with Crippen molar-refractivity contribution < 1.29 is 0 Å². The minimum Gasteiger partial charge on any atom is -0.383 e. The number of nitrogens with zero attached hydrogens (tertiary/aromatic N) is 2. The highest BCUT2D eigenvalue weighted by Gasteiger charge is 2.20. The van der Waals surface area contributed by atoms with Gasteiger partial charge < -0.3 is 16.8 Å². The molecule has 0 spiro atoms. The molecule has 1 unspecified atom stereocenters. The summed E-state index contributed by atoms with van der Waals surface area (Å²) in [6.07, 6.45) is 0.872. The van der Waals surface area contributed by atoms with Crippen molar-refractivity contribution in [1.82, 2.24) is 15.3 Å². The summed E-state index contributed by atoms with van der Waals surface area (Å²) in [5.41, 5.74) is 13.3. The summed E-state index contributed by atoms with van der Waals surface area (Å²) < 4.78 is 0.